The van der Waals surface area contributed by atoms with Gasteiger partial charge in [0.25, 0.3) is 0 Å². The van der Waals surface area contributed by atoms with Crippen LogP contribution in [-0.4, -0.2) is 77.7 Å². The molecule has 0 bridgehead atoms. The van der Waals surface area contributed by atoms with Gasteiger partial charge in [0, 0.05) is 32.6 Å². The van der Waals surface area contributed by atoms with E-state index in [9.17, 15) is 24.0 Å². The highest BCUT2D eigenvalue weighted by Crippen LogP contribution is 2.09. The Labute approximate surface area is 167 Å². The molecular formula is C19H23N5O5. The predicted molar refractivity (Wildman–Crippen MR) is 101 cm³/mol. The van der Waals surface area contributed by atoms with Gasteiger partial charge >= 0.3 is 17.8 Å². The number of carbonyl (C=O) groups is 5. The van der Waals surface area contributed by atoms with Gasteiger partial charge in [0.2, 0.25) is 11.8 Å². The Balaban J connectivity index is 1.70. The minimum atomic E-state index is -1.01. The molecule has 6 amide bonds. The van der Waals surface area contributed by atoms with Gasteiger partial charge in [0.1, 0.15) is 12.1 Å². The fourth-order valence-electron chi connectivity index (χ4n) is 3.13. The van der Waals surface area contributed by atoms with Crippen molar-refractivity contribution < 1.29 is 24.0 Å². The van der Waals surface area contributed by atoms with Gasteiger partial charge in [-0.05, 0) is 12.5 Å². The van der Waals surface area contributed by atoms with Crippen LogP contribution in [0.5, 0.6) is 0 Å². The summed E-state index contributed by atoms with van der Waals surface area (Å²) in [5, 5.41) is 7.65. The van der Waals surface area contributed by atoms with Crippen molar-refractivity contribution in [1.82, 2.24) is 25.8 Å². The lowest BCUT2D eigenvalue weighted by molar-refractivity contribution is -0.153. The van der Waals surface area contributed by atoms with Gasteiger partial charge in [-0.1, -0.05) is 30.3 Å². The minimum absolute atomic E-state index is 0.0505. The van der Waals surface area contributed by atoms with Crippen molar-refractivity contribution in [3.05, 3.63) is 35.9 Å². The topological polar surface area (TPSA) is 128 Å². The molecule has 0 radical (unpaired) electrons. The fraction of sp³-hybridized carbons (Fsp3) is 0.421. The van der Waals surface area contributed by atoms with Gasteiger partial charge in [-0.15, -0.1) is 0 Å². The van der Waals surface area contributed by atoms with Gasteiger partial charge in [-0.2, -0.15) is 0 Å². The maximum atomic E-state index is 12.7. The monoisotopic (exact) mass is 401 g/mol. The van der Waals surface area contributed by atoms with Crippen molar-refractivity contribution in [2.24, 2.45) is 0 Å². The first-order chi connectivity index (χ1) is 13.9. The molecule has 10 nitrogen and oxygen atoms in total. The molecule has 2 heterocycles. The van der Waals surface area contributed by atoms with Gasteiger partial charge < -0.3 is 20.9 Å². The molecule has 29 heavy (non-hydrogen) atoms. The number of piperazine rings is 1. The number of hydrogen-bond acceptors (Lipinski definition) is 5. The number of hydrogen-bond donors (Lipinski definition) is 3. The molecule has 3 N–H and O–H groups in total. The Morgan fingerprint density at radius 2 is 1.86 bits per heavy atom. The number of rotatable bonds is 6. The van der Waals surface area contributed by atoms with E-state index in [1.54, 1.807) is 31.2 Å². The number of amides is 6. The summed E-state index contributed by atoms with van der Waals surface area (Å²) in [6.45, 7) is 2.74. The van der Waals surface area contributed by atoms with Crippen molar-refractivity contribution in [3.8, 4) is 0 Å². The van der Waals surface area contributed by atoms with Crippen LogP contribution in [0.15, 0.2) is 30.3 Å². The van der Waals surface area contributed by atoms with E-state index in [0.717, 1.165) is 10.5 Å². The third-order valence-corrected chi connectivity index (χ3v) is 4.95. The normalized spacial score (nSPS) is 19.9. The smallest absolute Gasteiger partial charge is 0.325 e. The highest BCUT2D eigenvalue weighted by atomic mass is 16.2. The molecule has 2 aliphatic heterocycles. The van der Waals surface area contributed by atoms with E-state index in [0.29, 0.717) is 13.1 Å². The van der Waals surface area contributed by atoms with Crippen molar-refractivity contribution in [2.75, 3.05) is 26.2 Å². The lowest BCUT2D eigenvalue weighted by atomic mass is 10.0. The molecule has 1 aromatic rings. The predicted octanol–water partition coefficient (Wildman–Crippen LogP) is -1.39. The molecule has 154 valence electrons. The Morgan fingerprint density at radius 1 is 1.14 bits per heavy atom. The van der Waals surface area contributed by atoms with E-state index >= 15 is 0 Å². The Bertz CT molecular complexity index is 828. The van der Waals surface area contributed by atoms with Gasteiger partial charge in [-0.25, -0.2) is 4.79 Å². The largest absolute Gasteiger partial charge is 0.352 e. The zero-order valence-electron chi connectivity index (χ0n) is 16.0. The summed E-state index contributed by atoms with van der Waals surface area (Å²) >= 11 is 0. The van der Waals surface area contributed by atoms with Crippen LogP contribution >= 0.6 is 0 Å². The van der Waals surface area contributed by atoms with Crippen LogP contribution in [0.1, 0.15) is 12.5 Å². The second-order valence-corrected chi connectivity index (χ2v) is 6.84. The SMILES string of the molecule is CCN1CCN(C(=O)N[C@H](Cc2ccccc2)C(=O)NC2CNC2=O)C(=O)C1=O. The van der Waals surface area contributed by atoms with Crippen LogP contribution in [-0.2, 0) is 25.6 Å². The first-order valence-corrected chi connectivity index (χ1v) is 9.44. The molecule has 3 rings (SSSR count). The van der Waals surface area contributed by atoms with Crippen LogP contribution in [0.4, 0.5) is 4.79 Å². The van der Waals surface area contributed by atoms with Gasteiger partial charge in [-0.3, -0.25) is 24.1 Å². The first kappa shape index (κ1) is 20.3. The van der Waals surface area contributed by atoms with E-state index in [4.69, 9.17) is 0 Å². The van der Waals surface area contributed by atoms with E-state index < -0.39 is 35.8 Å². The number of imide groups is 1. The summed E-state index contributed by atoms with van der Waals surface area (Å²) in [5.41, 5.74) is 0.796. The van der Waals surface area contributed by atoms with Crippen LogP contribution in [0.3, 0.4) is 0 Å². The zero-order chi connectivity index (χ0) is 21.0. The standard InChI is InChI=1S/C19H23N5O5/c1-2-23-8-9-24(18(28)17(23)27)19(29)22-13(10-12-6-4-3-5-7-12)16(26)21-14-11-20-15(14)25/h3-7,13-14H,2,8-11H2,1H3,(H,20,25)(H,21,26)(H,22,29)/t13-,14?/m1/s1. The molecule has 0 spiro atoms. The Morgan fingerprint density at radius 3 is 2.45 bits per heavy atom. The molecule has 0 saturated carbocycles. The molecule has 2 saturated heterocycles. The second kappa shape index (κ2) is 8.72. The summed E-state index contributed by atoms with van der Waals surface area (Å²) in [7, 11) is 0. The summed E-state index contributed by atoms with van der Waals surface area (Å²) in [5.74, 6) is -2.50. The maximum Gasteiger partial charge on any atom is 0.325 e. The molecule has 0 aromatic heterocycles. The lowest BCUT2D eigenvalue weighted by Gasteiger charge is -2.33. The lowest BCUT2D eigenvalue weighted by Crippen LogP contribution is -2.65. The molecule has 1 aromatic carbocycles. The number of urea groups is 1. The summed E-state index contributed by atoms with van der Waals surface area (Å²) in [4.78, 5) is 63.2. The van der Waals surface area contributed by atoms with Crippen LogP contribution in [0.2, 0.25) is 0 Å². The van der Waals surface area contributed by atoms with Crippen LogP contribution in [0, 0.1) is 0 Å². The molecule has 0 aliphatic carbocycles. The average molecular weight is 401 g/mol. The van der Waals surface area contributed by atoms with Crippen molar-refractivity contribution in [3.63, 3.8) is 0 Å². The Hall–Kier alpha value is -3.43. The molecule has 10 heteroatoms. The number of benzene rings is 1. The third-order valence-electron chi connectivity index (χ3n) is 4.95. The van der Waals surface area contributed by atoms with Crippen LogP contribution < -0.4 is 16.0 Å². The number of nitrogens with one attached hydrogen (secondary N) is 3. The second-order valence-electron chi connectivity index (χ2n) is 6.84. The van der Waals surface area contributed by atoms with Gasteiger partial charge in [0.15, 0.2) is 0 Å². The van der Waals surface area contributed by atoms with E-state index in [-0.39, 0.29) is 25.4 Å². The summed E-state index contributed by atoms with van der Waals surface area (Å²) in [6.07, 6.45) is 0.170. The fourth-order valence-corrected chi connectivity index (χ4v) is 3.13. The van der Waals surface area contributed by atoms with Crippen molar-refractivity contribution >= 4 is 29.7 Å². The first-order valence-electron chi connectivity index (χ1n) is 9.44. The number of nitrogens with zero attached hydrogens (tertiary/aromatic N) is 2. The van der Waals surface area contributed by atoms with E-state index in [1.807, 2.05) is 6.07 Å². The number of likely N-dealkylation sites (N-methyl/N-ethyl adjacent to an activating group) is 1. The highest BCUT2D eigenvalue weighted by Gasteiger charge is 2.37. The highest BCUT2D eigenvalue weighted by molar-refractivity contribution is 6.38. The zero-order valence-corrected chi connectivity index (χ0v) is 16.0. The molecule has 2 aliphatic rings. The molecule has 2 atom stereocenters. The maximum absolute atomic E-state index is 12.7. The third kappa shape index (κ3) is 4.53. The van der Waals surface area contributed by atoms with E-state index in [2.05, 4.69) is 16.0 Å². The van der Waals surface area contributed by atoms with Crippen molar-refractivity contribution in [2.45, 2.75) is 25.4 Å². The number of β-lactam (4-membered cyclic amide) rings is 1. The van der Waals surface area contributed by atoms with Crippen LogP contribution in [0.25, 0.3) is 0 Å². The molecule has 2 fully saturated rings. The minimum Gasteiger partial charge on any atom is -0.352 e. The van der Waals surface area contributed by atoms with Gasteiger partial charge in [0.05, 0.1) is 0 Å². The van der Waals surface area contributed by atoms with E-state index in [1.165, 1.54) is 4.90 Å². The number of carbonyl (C=O) groups excluding carboxylic acids is 5. The quantitative estimate of drug-likeness (QED) is 0.400. The molecular weight excluding hydrogens is 378 g/mol. The average Bonchev–Trinajstić information content (AvgIpc) is 2.72. The van der Waals surface area contributed by atoms with Crippen molar-refractivity contribution in [1.29, 1.82) is 0 Å². The summed E-state index contributed by atoms with van der Waals surface area (Å²) in [6, 6.07) is 6.57. The Kier molecular flexibility index (Phi) is 6.10. The molecule has 1 unspecified atom stereocenters. The summed E-state index contributed by atoms with van der Waals surface area (Å²) < 4.78 is 0.